The topological polar surface area (TPSA) is 68.5 Å². The van der Waals surface area contributed by atoms with Crippen molar-refractivity contribution in [2.45, 2.75) is 33.4 Å². The third-order valence-corrected chi connectivity index (χ3v) is 3.32. The zero-order valence-corrected chi connectivity index (χ0v) is 12.9. The molecule has 116 valence electrons. The Bertz CT molecular complexity index is 658. The molecule has 0 radical (unpaired) electrons. The van der Waals surface area contributed by atoms with Gasteiger partial charge in [-0.1, -0.05) is 29.8 Å². The number of furan rings is 1. The molecule has 2 aromatic rings. The van der Waals surface area contributed by atoms with E-state index in [1.54, 1.807) is 6.92 Å². The van der Waals surface area contributed by atoms with Crippen molar-refractivity contribution in [1.29, 1.82) is 0 Å². The van der Waals surface area contributed by atoms with Crippen LogP contribution in [0, 0.1) is 13.8 Å². The van der Waals surface area contributed by atoms with Crippen molar-refractivity contribution < 1.29 is 18.7 Å². The Kier molecular flexibility index (Phi) is 4.99. The van der Waals surface area contributed by atoms with Gasteiger partial charge in [-0.15, -0.1) is 0 Å². The van der Waals surface area contributed by atoms with Gasteiger partial charge in [0.1, 0.15) is 11.3 Å². The van der Waals surface area contributed by atoms with Crippen LogP contribution in [0.15, 0.2) is 41.0 Å². The van der Waals surface area contributed by atoms with Crippen LogP contribution in [0.3, 0.4) is 0 Å². The molecular formula is C17H19NO4. The summed E-state index contributed by atoms with van der Waals surface area (Å²) in [7, 11) is 0. The lowest BCUT2D eigenvalue weighted by Gasteiger charge is -2.13. The average molecular weight is 301 g/mol. The SMILES string of the molecule is Cc1ccc(CNC(=O)[C@H](C)OC(=O)c2ccoc2C)cc1. The highest BCUT2D eigenvalue weighted by molar-refractivity contribution is 5.92. The van der Waals surface area contributed by atoms with E-state index in [-0.39, 0.29) is 5.91 Å². The van der Waals surface area contributed by atoms with Gasteiger partial charge in [-0.25, -0.2) is 4.79 Å². The molecule has 0 aliphatic rings. The second-order valence-corrected chi connectivity index (χ2v) is 5.14. The molecule has 0 fully saturated rings. The highest BCUT2D eigenvalue weighted by Gasteiger charge is 2.20. The lowest BCUT2D eigenvalue weighted by Crippen LogP contribution is -2.35. The minimum Gasteiger partial charge on any atom is -0.469 e. The summed E-state index contributed by atoms with van der Waals surface area (Å²) >= 11 is 0. The quantitative estimate of drug-likeness (QED) is 0.862. The Balaban J connectivity index is 1.85. The third kappa shape index (κ3) is 3.97. The molecule has 0 unspecified atom stereocenters. The van der Waals surface area contributed by atoms with Gasteiger partial charge in [0.25, 0.3) is 5.91 Å². The van der Waals surface area contributed by atoms with Crippen LogP contribution in [0.2, 0.25) is 0 Å². The predicted octanol–water partition coefficient (Wildman–Crippen LogP) is 2.76. The minimum atomic E-state index is -0.868. The van der Waals surface area contributed by atoms with Crippen molar-refractivity contribution in [3.8, 4) is 0 Å². The maximum atomic E-state index is 12.0. The number of carbonyl (C=O) groups is 2. The van der Waals surface area contributed by atoms with E-state index in [2.05, 4.69) is 5.32 Å². The number of carbonyl (C=O) groups excluding carboxylic acids is 2. The minimum absolute atomic E-state index is 0.332. The van der Waals surface area contributed by atoms with E-state index in [1.807, 2.05) is 31.2 Å². The molecule has 0 aliphatic carbocycles. The molecule has 0 aliphatic heterocycles. The molecule has 1 amide bonds. The van der Waals surface area contributed by atoms with Gasteiger partial charge in [0, 0.05) is 6.54 Å². The number of hydrogen-bond acceptors (Lipinski definition) is 4. The van der Waals surface area contributed by atoms with Crippen LogP contribution in [-0.2, 0) is 16.1 Å². The second kappa shape index (κ2) is 6.93. The molecule has 0 bridgehead atoms. The molecule has 5 heteroatoms. The second-order valence-electron chi connectivity index (χ2n) is 5.14. The van der Waals surface area contributed by atoms with Gasteiger partial charge in [-0.2, -0.15) is 0 Å². The van der Waals surface area contributed by atoms with Crippen molar-refractivity contribution in [3.63, 3.8) is 0 Å². The summed E-state index contributed by atoms with van der Waals surface area (Å²) in [4.78, 5) is 23.9. The molecule has 5 nitrogen and oxygen atoms in total. The van der Waals surface area contributed by atoms with Crippen LogP contribution in [0.25, 0.3) is 0 Å². The zero-order valence-electron chi connectivity index (χ0n) is 12.9. The van der Waals surface area contributed by atoms with E-state index >= 15 is 0 Å². The molecule has 1 atom stereocenters. The fourth-order valence-corrected chi connectivity index (χ4v) is 1.91. The summed E-state index contributed by atoms with van der Waals surface area (Å²) < 4.78 is 10.2. The highest BCUT2D eigenvalue weighted by atomic mass is 16.5. The summed E-state index contributed by atoms with van der Waals surface area (Å²) in [6.07, 6.45) is 0.542. The number of amides is 1. The Morgan fingerprint density at radius 1 is 1.18 bits per heavy atom. The molecule has 22 heavy (non-hydrogen) atoms. The number of nitrogens with one attached hydrogen (secondary N) is 1. The highest BCUT2D eigenvalue weighted by Crippen LogP contribution is 2.11. The van der Waals surface area contributed by atoms with Crippen molar-refractivity contribution >= 4 is 11.9 Å². The number of rotatable bonds is 5. The first kappa shape index (κ1) is 15.8. The maximum absolute atomic E-state index is 12.0. The summed E-state index contributed by atoms with van der Waals surface area (Å²) in [5, 5.41) is 2.74. The van der Waals surface area contributed by atoms with Crippen molar-refractivity contribution in [1.82, 2.24) is 5.32 Å². The summed E-state index contributed by atoms with van der Waals surface area (Å²) in [5.74, 6) is -0.434. The lowest BCUT2D eigenvalue weighted by atomic mass is 10.1. The number of hydrogen-bond donors (Lipinski definition) is 1. The predicted molar refractivity (Wildman–Crippen MR) is 81.3 cm³/mol. The van der Waals surface area contributed by atoms with Gasteiger partial charge >= 0.3 is 5.97 Å². The Morgan fingerprint density at radius 3 is 2.45 bits per heavy atom. The molecule has 0 spiro atoms. The van der Waals surface area contributed by atoms with Crippen molar-refractivity contribution in [2.24, 2.45) is 0 Å². The molecule has 1 N–H and O–H groups in total. The fourth-order valence-electron chi connectivity index (χ4n) is 1.91. The summed E-state index contributed by atoms with van der Waals surface area (Å²) in [5.41, 5.74) is 2.48. The zero-order chi connectivity index (χ0) is 16.1. The monoisotopic (exact) mass is 301 g/mol. The number of benzene rings is 1. The van der Waals surface area contributed by atoms with E-state index in [9.17, 15) is 9.59 Å². The van der Waals surface area contributed by atoms with Gasteiger partial charge in [-0.05, 0) is 32.4 Å². The standard InChI is InChI=1S/C17H19NO4/c1-11-4-6-14(7-5-11)10-18-16(19)13(3)22-17(20)15-8-9-21-12(15)2/h4-9,13H,10H2,1-3H3,(H,18,19)/t13-/m0/s1. The molecule has 0 saturated carbocycles. The maximum Gasteiger partial charge on any atom is 0.342 e. The smallest absolute Gasteiger partial charge is 0.342 e. The van der Waals surface area contributed by atoms with Crippen LogP contribution < -0.4 is 5.32 Å². The van der Waals surface area contributed by atoms with E-state index in [0.717, 1.165) is 11.1 Å². The number of ether oxygens (including phenoxy) is 1. The molecule has 0 saturated heterocycles. The largest absolute Gasteiger partial charge is 0.469 e. The Labute approximate surface area is 129 Å². The first-order valence-corrected chi connectivity index (χ1v) is 7.05. The summed E-state index contributed by atoms with van der Waals surface area (Å²) in [6.45, 7) is 5.60. The van der Waals surface area contributed by atoms with Gasteiger partial charge in [0.15, 0.2) is 6.10 Å². The van der Waals surface area contributed by atoms with Crippen LogP contribution in [-0.4, -0.2) is 18.0 Å². The van der Waals surface area contributed by atoms with E-state index in [1.165, 1.54) is 19.3 Å². The summed E-state index contributed by atoms with van der Waals surface area (Å²) in [6, 6.07) is 9.37. The van der Waals surface area contributed by atoms with Gasteiger partial charge in [-0.3, -0.25) is 4.79 Å². The van der Waals surface area contributed by atoms with Crippen molar-refractivity contribution in [2.75, 3.05) is 0 Å². The molecule has 1 aromatic carbocycles. The van der Waals surface area contributed by atoms with Gasteiger partial charge in [0.2, 0.25) is 0 Å². The van der Waals surface area contributed by atoms with E-state index < -0.39 is 12.1 Å². The number of aryl methyl sites for hydroxylation is 2. The Hall–Kier alpha value is -2.56. The van der Waals surface area contributed by atoms with Gasteiger partial charge in [0.05, 0.1) is 6.26 Å². The Morgan fingerprint density at radius 2 is 1.86 bits per heavy atom. The molecular weight excluding hydrogens is 282 g/mol. The van der Waals surface area contributed by atoms with E-state index in [4.69, 9.17) is 9.15 Å². The fraction of sp³-hybridized carbons (Fsp3) is 0.294. The third-order valence-electron chi connectivity index (χ3n) is 3.32. The van der Waals surface area contributed by atoms with E-state index in [0.29, 0.717) is 17.9 Å². The molecule has 2 rings (SSSR count). The first-order chi connectivity index (χ1) is 10.5. The first-order valence-electron chi connectivity index (χ1n) is 7.05. The molecule has 1 heterocycles. The average Bonchev–Trinajstić information content (AvgIpc) is 2.92. The molecule has 1 aromatic heterocycles. The van der Waals surface area contributed by atoms with Crippen LogP contribution in [0.5, 0.6) is 0 Å². The van der Waals surface area contributed by atoms with Crippen molar-refractivity contribution in [3.05, 3.63) is 59.0 Å². The van der Waals surface area contributed by atoms with Crippen LogP contribution >= 0.6 is 0 Å². The normalized spacial score (nSPS) is 11.8. The lowest BCUT2D eigenvalue weighted by molar-refractivity contribution is -0.129. The van der Waals surface area contributed by atoms with Gasteiger partial charge < -0.3 is 14.5 Å². The van der Waals surface area contributed by atoms with Crippen LogP contribution in [0.4, 0.5) is 0 Å². The van der Waals surface area contributed by atoms with Crippen LogP contribution in [0.1, 0.15) is 34.2 Å². The number of esters is 1.